The van der Waals surface area contributed by atoms with Gasteiger partial charge >= 0.3 is 0 Å². The van der Waals surface area contributed by atoms with Gasteiger partial charge in [0.25, 0.3) is 11.8 Å². The van der Waals surface area contributed by atoms with Crippen LogP contribution in [0.15, 0.2) is 115 Å². The van der Waals surface area contributed by atoms with E-state index in [9.17, 15) is 9.59 Å². The number of carbonyl (C=O) groups excluding carboxylic acids is 2. The number of aryl methyl sites for hydroxylation is 1. The summed E-state index contributed by atoms with van der Waals surface area (Å²) >= 11 is 0. The first-order chi connectivity index (χ1) is 20.4. The van der Waals surface area contributed by atoms with Crippen molar-refractivity contribution in [2.24, 2.45) is 0 Å². The molecule has 0 spiro atoms. The first-order valence-corrected chi connectivity index (χ1v) is 13.4. The molecule has 0 saturated carbocycles. The Bertz CT molecular complexity index is 1930. The average Bonchev–Trinajstić information content (AvgIpc) is 3.36. The molecule has 0 unspecified atom stereocenters. The Morgan fingerprint density at radius 2 is 1.21 bits per heavy atom. The number of carbonyl (C=O) groups is 2. The number of anilines is 4. The number of nitrogens with two attached hydrogens (primary N) is 2. The van der Waals surface area contributed by atoms with E-state index in [2.05, 4.69) is 15.2 Å². The second-order valence-electron chi connectivity index (χ2n) is 9.99. The monoisotopic (exact) mass is 552 g/mol. The number of hydrogen-bond donors (Lipinski definition) is 4. The number of aromatic nitrogens is 2. The third-order valence-corrected chi connectivity index (χ3v) is 7.00. The van der Waals surface area contributed by atoms with Crippen molar-refractivity contribution in [1.29, 1.82) is 0 Å². The Kier molecular flexibility index (Phi) is 6.86. The number of fused-ring (bicyclic) bond motifs is 1. The van der Waals surface area contributed by atoms with E-state index in [4.69, 9.17) is 16.5 Å². The SMILES string of the molecule is Cc1cc(NC(=O)c2ccc(N)cc2)ccc1-c1nc2cc(NC(=O)c3ccc(N)cc3)ccc2n1-c1ccccc1. The second kappa shape index (κ2) is 10.9. The van der Waals surface area contributed by atoms with Gasteiger partial charge in [-0.25, -0.2) is 4.98 Å². The molecule has 6 N–H and O–H groups in total. The van der Waals surface area contributed by atoms with Gasteiger partial charge in [-0.3, -0.25) is 14.2 Å². The minimum atomic E-state index is -0.232. The summed E-state index contributed by atoms with van der Waals surface area (Å²) in [6.45, 7) is 1.99. The molecule has 0 radical (unpaired) electrons. The number of imidazole rings is 1. The summed E-state index contributed by atoms with van der Waals surface area (Å²) in [6, 6.07) is 35.0. The lowest BCUT2D eigenvalue weighted by Crippen LogP contribution is -2.12. The molecule has 0 aliphatic carbocycles. The van der Waals surface area contributed by atoms with E-state index >= 15 is 0 Å². The predicted octanol–water partition coefficient (Wildman–Crippen LogP) is 6.67. The topological polar surface area (TPSA) is 128 Å². The number of nitrogen functional groups attached to an aromatic ring is 2. The first-order valence-electron chi connectivity index (χ1n) is 13.4. The van der Waals surface area contributed by atoms with Crippen molar-refractivity contribution in [2.45, 2.75) is 6.92 Å². The summed E-state index contributed by atoms with van der Waals surface area (Å²) in [5.74, 6) is 0.295. The van der Waals surface area contributed by atoms with Crippen LogP contribution in [0.25, 0.3) is 28.1 Å². The second-order valence-corrected chi connectivity index (χ2v) is 9.99. The summed E-state index contributed by atoms with van der Waals surface area (Å²) in [6.07, 6.45) is 0. The van der Waals surface area contributed by atoms with Crippen molar-refractivity contribution in [2.75, 3.05) is 22.1 Å². The highest BCUT2D eigenvalue weighted by Crippen LogP contribution is 2.33. The summed E-state index contributed by atoms with van der Waals surface area (Å²) in [4.78, 5) is 30.6. The van der Waals surface area contributed by atoms with Crippen LogP contribution in [0.1, 0.15) is 26.3 Å². The van der Waals surface area contributed by atoms with E-state index in [0.717, 1.165) is 33.7 Å². The van der Waals surface area contributed by atoms with Crippen LogP contribution in [-0.4, -0.2) is 21.4 Å². The fraction of sp³-hybridized carbons (Fsp3) is 0.0294. The lowest BCUT2D eigenvalue weighted by molar-refractivity contribution is 0.101. The highest BCUT2D eigenvalue weighted by atomic mass is 16.2. The molecule has 6 aromatic rings. The van der Waals surface area contributed by atoms with Crippen LogP contribution in [0.3, 0.4) is 0 Å². The van der Waals surface area contributed by atoms with Crippen molar-refractivity contribution in [3.63, 3.8) is 0 Å². The molecular formula is C34H28N6O2. The molecule has 8 heteroatoms. The smallest absolute Gasteiger partial charge is 0.255 e. The molecule has 0 atom stereocenters. The van der Waals surface area contributed by atoms with Crippen LogP contribution in [0.5, 0.6) is 0 Å². The van der Waals surface area contributed by atoms with Crippen LogP contribution in [0.4, 0.5) is 22.7 Å². The number of hydrogen-bond acceptors (Lipinski definition) is 5. The summed E-state index contributed by atoms with van der Waals surface area (Å²) < 4.78 is 2.09. The van der Waals surface area contributed by atoms with Crippen LogP contribution < -0.4 is 22.1 Å². The molecule has 0 fully saturated rings. The van der Waals surface area contributed by atoms with Gasteiger partial charge in [-0.05, 0) is 110 Å². The minimum absolute atomic E-state index is 0.216. The lowest BCUT2D eigenvalue weighted by atomic mass is 10.1. The largest absolute Gasteiger partial charge is 0.399 e. The number of nitrogens with zero attached hydrogens (tertiary/aromatic N) is 2. The quantitative estimate of drug-likeness (QED) is 0.172. The fourth-order valence-corrected chi connectivity index (χ4v) is 4.84. The van der Waals surface area contributed by atoms with Gasteiger partial charge in [0.1, 0.15) is 5.82 Å². The maximum atomic E-state index is 12.8. The standard InChI is InChI=1S/C34H28N6O2/c1-21-19-26(37-33(41)22-7-11-24(35)12-8-22)15-17-29(21)32-39-30-20-27(38-34(42)23-9-13-25(36)14-10-23)16-18-31(30)40(32)28-5-3-2-4-6-28/h2-20H,35-36H2,1H3,(H,37,41)(H,38,42). The fourth-order valence-electron chi connectivity index (χ4n) is 4.84. The van der Waals surface area contributed by atoms with Crippen LogP contribution in [-0.2, 0) is 0 Å². The molecule has 2 amide bonds. The zero-order valence-corrected chi connectivity index (χ0v) is 22.8. The Hall–Kier alpha value is -5.89. The first kappa shape index (κ1) is 26.3. The van der Waals surface area contributed by atoms with Gasteiger partial charge in [0.15, 0.2) is 0 Å². The molecule has 42 heavy (non-hydrogen) atoms. The van der Waals surface area contributed by atoms with Gasteiger partial charge < -0.3 is 22.1 Å². The van der Waals surface area contributed by atoms with E-state index in [1.165, 1.54) is 0 Å². The van der Waals surface area contributed by atoms with E-state index < -0.39 is 0 Å². The average molecular weight is 553 g/mol. The third kappa shape index (κ3) is 5.29. The van der Waals surface area contributed by atoms with E-state index in [1.54, 1.807) is 48.5 Å². The van der Waals surface area contributed by atoms with Gasteiger partial charge in [-0.1, -0.05) is 18.2 Å². The van der Waals surface area contributed by atoms with Crippen molar-refractivity contribution < 1.29 is 9.59 Å². The van der Waals surface area contributed by atoms with Crippen LogP contribution >= 0.6 is 0 Å². The minimum Gasteiger partial charge on any atom is -0.399 e. The van der Waals surface area contributed by atoms with Gasteiger partial charge in [0.2, 0.25) is 0 Å². The Morgan fingerprint density at radius 3 is 1.79 bits per heavy atom. The zero-order valence-electron chi connectivity index (χ0n) is 22.8. The highest BCUT2D eigenvalue weighted by Gasteiger charge is 2.18. The molecule has 0 saturated heterocycles. The van der Waals surface area contributed by atoms with Crippen molar-refractivity contribution in [1.82, 2.24) is 9.55 Å². The van der Waals surface area contributed by atoms with Gasteiger partial charge in [0.05, 0.1) is 11.0 Å². The molecule has 0 bridgehead atoms. The number of benzene rings is 5. The third-order valence-electron chi connectivity index (χ3n) is 7.00. The Morgan fingerprint density at radius 1 is 0.667 bits per heavy atom. The molecular weight excluding hydrogens is 524 g/mol. The molecule has 5 aromatic carbocycles. The normalized spacial score (nSPS) is 10.9. The van der Waals surface area contributed by atoms with Gasteiger partial charge in [0, 0.05) is 45.1 Å². The molecule has 8 nitrogen and oxygen atoms in total. The molecule has 206 valence electrons. The molecule has 0 aliphatic heterocycles. The number of para-hydroxylation sites is 1. The number of amides is 2. The van der Waals surface area contributed by atoms with E-state index in [-0.39, 0.29) is 11.8 Å². The molecule has 6 rings (SSSR count). The molecule has 1 heterocycles. The predicted molar refractivity (Wildman–Crippen MR) is 169 cm³/mol. The van der Waals surface area contributed by atoms with Crippen molar-refractivity contribution in [3.05, 3.63) is 132 Å². The van der Waals surface area contributed by atoms with Crippen molar-refractivity contribution in [3.8, 4) is 17.1 Å². The van der Waals surface area contributed by atoms with E-state index in [0.29, 0.717) is 33.9 Å². The number of rotatable bonds is 6. The van der Waals surface area contributed by atoms with E-state index in [1.807, 2.05) is 73.7 Å². The zero-order chi connectivity index (χ0) is 29.2. The van der Waals surface area contributed by atoms with Crippen molar-refractivity contribution >= 4 is 45.6 Å². The Labute approximate surface area is 242 Å². The van der Waals surface area contributed by atoms with Gasteiger partial charge in [-0.2, -0.15) is 0 Å². The Balaban J connectivity index is 1.35. The molecule has 0 aliphatic rings. The summed E-state index contributed by atoms with van der Waals surface area (Å²) in [7, 11) is 0. The highest BCUT2D eigenvalue weighted by molar-refractivity contribution is 6.06. The lowest BCUT2D eigenvalue weighted by Gasteiger charge is -2.13. The maximum Gasteiger partial charge on any atom is 0.255 e. The maximum absolute atomic E-state index is 12.8. The van der Waals surface area contributed by atoms with Crippen LogP contribution in [0, 0.1) is 6.92 Å². The number of nitrogens with one attached hydrogen (secondary N) is 2. The van der Waals surface area contributed by atoms with Crippen LogP contribution in [0.2, 0.25) is 0 Å². The summed E-state index contributed by atoms with van der Waals surface area (Å²) in [5.41, 5.74) is 19.5. The molecule has 1 aromatic heterocycles. The van der Waals surface area contributed by atoms with Gasteiger partial charge in [-0.15, -0.1) is 0 Å². The summed E-state index contributed by atoms with van der Waals surface area (Å²) in [5, 5.41) is 5.91.